The Balaban J connectivity index is 0.00000300. The minimum absolute atomic E-state index is 0. The molecular weight excluding hydrogens is 494 g/mol. The van der Waals surface area contributed by atoms with E-state index in [2.05, 4.69) is 15.6 Å². The molecule has 2 aromatic rings. The second-order valence-electron chi connectivity index (χ2n) is 6.49. The van der Waals surface area contributed by atoms with Gasteiger partial charge < -0.3 is 15.5 Å². The van der Waals surface area contributed by atoms with Gasteiger partial charge in [-0.3, -0.25) is 4.99 Å². The van der Waals surface area contributed by atoms with Crippen molar-refractivity contribution in [2.24, 2.45) is 4.99 Å². The molecule has 9 heteroatoms. The standard InChI is InChI=1S/C20H20F3N5.HI/c1-25-20(26-11-14-6-5-13(10-24)9-18(14)23)27-15-7-8-28(12-15)19-16(21)3-2-4-17(19)22;/h2-6,9,15H,7-8,11-12H2,1H3,(H2,25,26,27);1H. The lowest BCUT2D eigenvalue weighted by Gasteiger charge is -2.21. The van der Waals surface area contributed by atoms with Crippen LogP contribution in [0.4, 0.5) is 18.9 Å². The summed E-state index contributed by atoms with van der Waals surface area (Å²) in [6.07, 6.45) is 0.680. The Bertz CT molecular complexity index is 909. The van der Waals surface area contributed by atoms with E-state index >= 15 is 0 Å². The van der Waals surface area contributed by atoms with E-state index in [9.17, 15) is 13.2 Å². The predicted molar refractivity (Wildman–Crippen MR) is 117 cm³/mol. The van der Waals surface area contributed by atoms with Crippen molar-refractivity contribution >= 4 is 35.6 Å². The fourth-order valence-corrected chi connectivity index (χ4v) is 3.20. The van der Waals surface area contributed by atoms with Crippen LogP contribution in [0, 0.1) is 28.8 Å². The van der Waals surface area contributed by atoms with Gasteiger partial charge in [0.05, 0.1) is 11.6 Å². The van der Waals surface area contributed by atoms with E-state index in [1.807, 2.05) is 6.07 Å². The van der Waals surface area contributed by atoms with Crippen LogP contribution in [0.1, 0.15) is 17.5 Å². The summed E-state index contributed by atoms with van der Waals surface area (Å²) in [7, 11) is 1.59. The molecule has 1 saturated heterocycles. The number of guanidine groups is 1. The number of hydrogen-bond donors (Lipinski definition) is 2. The molecule has 0 amide bonds. The van der Waals surface area contributed by atoms with Crippen LogP contribution in [0.3, 0.4) is 0 Å². The number of nitrogens with one attached hydrogen (secondary N) is 2. The Hall–Kier alpha value is -2.48. The smallest absolute Gasteiger partial charge is 0.191 e. The van der Waals surface area contributed by atoms with Crippen LogP contribution in [-0.2, 0) is 6.54 Å². The maximum Gasteiger partial charge on any atom is 0.191 e. The SMILES string of the molecule is CN=C(NCc1ccc(C#N)cc1F)NC1CCN(c2c(F)cccc2F)C1.I. The average molecular weight is 515 g/mol. The summed E-state index contributed by atoms with van der Waals surface area (Å²) < 4.78 is 41.9. The molecule has 5 nitrogen and oxygen atoms in total. The van der Waals surface area contributed by atoms with E-state index in [1.165, 1.54) is 24.3 Å². The number of nitriles is 1. The second kappa shape index (κ2) is 10.3. The zero-order valence-corrected chi connectivity index (χ0v) is 18.1. The molecule has 3 rings (SSSR count). The first-order chi connectivity index (χ1) is 13.5. The summed E-state index contributed by atoms with van der Waals surface area (Å²) in [5.41, 5.74) is 0.646. The molecule has 1 atom stereocenters. The molecule has 0 aromatic heterocycles. The molecule has 0 bridgehead atoms. The first-order valence-corrected chi connectivity index (χ1v) is 8.86. The topological polar surface area (TPSA) is 63.5 Å². The number of aliphatic imine (C=N–C) groups is 1. The largest absolute Gasteiger partial charge is 0.365 e. The van der Waals surface area contributed by atoms with Crippen molar-refractivity contribution in [3.05, 3.63) is 65.0 Å². The Labute approximate surface area is 184 Å². The summed E-state index contributed by atoms with van der Waals surface area (Å²) in [5, 5.41) is 15.0. The molecule has 0 radical (unpaired) electrons. The molecule has 1 unspecified atom stereocenters. The zero-order valence-electron chi connectivity index (χ0n) is 15.8. The summed E-state index contributed by atoms with van der Waals surface area (Å²) in [5.74, 6) is -1.17. The highest BCUT2D eigenvalue weighted by atomic mass is 127. The summed E-state index contributed by atoms with van der Waals surface area (Å²) in [6.45, 7) is 1.12. The number of benzene rings is 2. The van der Waals surface area contributed by atoms with Crippen LogP contribution in [0.5, 0.6) is 0 Å². The van der Waals surface area contributed by atoms with Gasteiger partial charge >= 0.3 is 0 Å². The third-order valence-corrected chi connectivity index (χ3v) is 4.63. The summed E-state index contributed by atoms with van der Waals surface area (Å²) in [6, 6.07) is 9.94. The number of rotatable bonds is 4. The molecule has 1 fully saturated rings. The highest BCUT2D eigenvalue weighted by Crippen LogP contribution is 2.26. The van der Waals surface area contributed by atoms with E-state index in [4.69, 9.17) is 5.26 Å². The predicted octanol–water partition coefficient (Wildman–Crippen LogP) is 3.54. The first-order valence-electron chi connectivity index (χ1n) is 8.86. The van der Waals surface area contributed by atoms with Crippen molar-refractivity contribution < 1.29 is 13.2 Å². The third-order valence-electron chi connectivity index (χ3n) is 4.63. The van der Waals surface area contributed by atoms with Crippen molar-refractivity contribution in [2.45, 2.75) is 19.0 Å². The average Bonchev–Trinajstić information content (AvgIpc) is 3.13. The van der Waals surface area contributed by atoms with E-state index in [-0.39, 0.29) is 47.8 Å². The summed E-state index contributed by atoms with van der Waals surface area (Å²) in [4.78, 5) is 5.78. The quantitative estimate of drug-likeness (QED) is 0.372. The van der Waals surface area contributed by atoms with Crippen LogP contribution in [0.2, 0.25) is 0 Å². The Morgan fingerprint density at radius 2 is 1.93 bits per heavy atom. The molecule has 1 heterocycles. The van der Waals surface area contributed by atoms with Gasteiger partial charge in [0.2, 0.25) is 0 Å². The van der Waals surface area contributed by atoms with Crippen LogP contribution < -0.4 is 15.5 Å². The fraction of sp³-hybridized carbons (Fsp3) is 0.300. The second-order valence-corrected chi connectivity index (χ2v) is 6.49. The van der Waals surface area contributed by atoms with E-state index in [0.717, 1.165) is 0 Å². The van der Waals surface area contributed by atoms with E-state index in [0.29, 0.717) is 31.0 Å². The van der Waals surface area contributed by atoms with Gasteiger partial charge in [0.15, 0.2) is 5.96 Å². The van der Waals surface area contributed by atoms with Gasteiger partial charge in [0, 0.05) is 38.3 Å². The molecule has 0 saturated carbocycles. The molecule has 154 valence electrons. The van der Waals surface area contributed by atoms with Gasteiger partial charge in [-0.25, -0.2) is 13.2 Å². The maximum absolute atomic E-state index is 14.0. The van der Waals surface area contributed by atoms with Crippen molar-refractivity contribution in [3.8, 4) is 6.07 Å². The number of para-hydroxylation sites is 1. The highest BCUT2D eigenvalue weighted by molar-refractivity contribution is 14.0. The van der Waals surface area contributed by atoms with Crippen molar-refractivity contribution in [3.63, 3.8) is 0 Å². The van der Waals surface area contributed by atoms with E-state index in [1.54, 1.807) is 24.1 Å². The number of nitrogens with zero attached hydrogens (tertiary/aromatic N) is 3. The molecule has 0 aliphatic carbocycles. The Morgan fingerprint density at radius 1 is 1.21 bits per heavy atom. The molecule has 0 spiro atoms. The molecular formula is C20H21F3IN5. The van der Waals surface area contributed by atoms with Crippen LogP contribution in [-0.4, -0.2) is 32.1 Å². The minimum Gasteiger partial charge on any atom is -0.365 e. The van der Waals surface area contributed by atoms with Gasteiger partial charge in [0.1, 0.15) is 23.1 Å². The van der Waals surface area contributed by atoms with Gasteiger partial charge in [-0.05, 0) is 30.7 Å². The highest BCUT2D eigenvalue weighted by Gasteiger charge is 2.27. The Kier molecular flexibility index (Phi) is 8.13. The van der Waals surface area contributed by atoms with Gasteiger partial charge in [-0.15, -0.1) is 24.0 Å². The lowest BCUT2D eigenvalue weighted by atomic mass is 10.1. The molecule has 29 heavy (non-hydrogen) atoms. The monoisotopic (exact) mass is 515 g/mol. The van der Waals surface area contributed by atoms with Gasteiger partial charge in [-0.1, -0.05) is 12.1 Å². The fourth-order valence-electron chi connectivity index (χ4n) is 3.20. The number of anilines is 1. The first kappa shape index (κ1) is 22.8. The van der Waals surface area contributed by atoms with Crippen molar-refractivity contribution in [1.82, 2.24) is 10.6 Å². The number of hydrogen-bond acceptors (Lipinski definition) is 3. The van der Waals surface area contributed by atoms with Crippen LogP contribution >= 0.6 is 24.0 Å². The van der Waals surface area contributed by atoms with Gasteiger partial charge in [0.25, 0.3) is 0 Å². The van der Waals surface area contributed by atoms with Crippen molar-refractivity contribution in [2.75, 3.05) is 25.0 Å². The summed E-state index contributed by atoms with van der Waals surface area (Å²) >= 11 is 0. The Morgan fingerprint density at radius 3 is 2.55 bits per heavy atom. The van der Waals surface area contributed by atoms with Crippen molar-refractivity contribution in [1.29, 1.82) is 5.26 Å². The van der Waals surface area contributed by atoms with E-state index < -0.39 is 17.5 Å². The molecule has 1 aliphatic heterocycles. The van der Waals surface area contributed by atoms with Gasteiger partial charge in [-0.2, -0.15) is 5.26 Å². The normalized spacial score (nSPS) is 16.2. The lowest BCUT2D eigenvalue weighted by molar-refractivity contribution is 0.575. The molecule has 2 N–H and O–H groups in total. The maximum atomic E-state index is 14.0. The van der Waals surface area contributed by atoms with Crippen LogP contribution in [0.25, 0.3) is 0 Å². The molecule has 2 aromatic carbocycles. The third kappa shape index (κ3) is 5.53. The number of halogens is 4. The minimum atomic E-state index is -0.584. The van der Waals surface area contributed by atoms with Crippen LogP contribution in [0.15, 0.2) is 41.4 Å². The lowest BCUT2D eigenvalue weighted by Crippen LogP contribution is -2.44. The molecule has 1 aliphatic rings. The zero-order chi connectivity index (χ0) is 20.1.